The fraction of sp³-hybridized carbons (Fsp3) is 0.296. The van der Waals surface area contributed by atoms with E-state index in [9.17, 15) is 13.2 Å². The summed E-state index contributed by atoms with van der Waals surface area (Å²) in [7, 11) is -0.977. The van der Waals surface area contributed by atoms with E-state index in [1.54, 1.807) is 37.3 Å². The second kappa shape index (κ2) is 9.62. The summed E-state index contributed by atoms with van der Waals surface area (Å²) in [4.78, 5) is 13.4. The van der Waals surface area contributed by atoms with Gasteiger partial charge in [0, 0.05) is 24.6 Å². The van der Waals surface area contributed by atoms with Gasteiger partial charge in [0.2, 0.25) is 0 Å². The third kappa shape index (κ3) is 4.71. The van der Waals surface area contributed by atoms with Gasteiger partial charge >= 0.3 is 0 Å². The lowest BCUT2D eigenvalue weighted by molar-refractivity contribution is 0.0923. The molecule has 0 saturated carbocycles. The maximum Gasteiger partial charge on any atom is 0.264 e. The van der Waals surface area contributed by atoms with E-state index in [1.165, 1.54) is 30.6 Å². The zero-order valence-corrected chi connectivity index (χ0v) is 21.4. The molecule has 35 heavy (non-hydrogen) atoms. The zero-order valence-electron chi connectivity index (χ0n) is 20.6. The van der Waals surface area contributed by atoms with Gasteiger partial charge in [-0.1, -0.05) is 35.9 Å². The van der Waals surface area contributed by atoms with Crippen molar-refractivity contribution in [3.8, 4) is 11.5 Å². The van der Waals surface area contributed by atoms with E-state index in [2.05, 4.69) is 11.4 Å². The van der Waals surface area contributed by atoms with Crippen LogP contribution in [-0.4, -0.2) is 35.1 Å². The number of methoxy groups -OCH3 is 1. The average molecular weight is 495 g/mol. The Balaban J connectivity index is 1.65. The van der Waals surface area contributed by atoms with E-state index < -0.39 is 10.0 Å². The largest absolute Gasteiger partial charge is 0.495 e. The number of rotatable bonds is 6. The van der Waals surface area contributed by atoms with Crippen LogP contribution in [0.2, 0.25) is 0 Å². The van der Waals surface area contributed by atoms with Crippen molar-refractivity contribution in [1.82, 2.24) is 5.32 Å². The van der Waals surface area contributed by atoms with E-state index >= 15 is 0 Å². The van der Waals surface area contributed by atoms with Crippen molar-refractivity contribution in [2.24, 2.45) is 0 Å². The minimum absolute atomic E-state index is 0.0284. The van der Waals surface area contributed by atoms with Crippen molar-refractivity contribution in [2.75, 3.05) is 25.1 Å². The molecule has 1 unspecified atom stereocenters. The SMILES string of the molecule is COc1ccccc1N(C)S(=O)(=O)c1ccc(C)c(C(=O)NC2CCOc3c(C)cc(C)cc32)c1. The summed E-state index contributed by atoms with van der Waals surface area (Å²) < 4.78 is 39.2. The smallest absolute Gasteiger partial charge is 0.264 e. The number of nitrogens with zero attached hydrogens (tertiary/aromatic N) is 1. The van der Waals surface area contributed by atoms with Gasteiger partial charge in [-0.25, -0.2) is 8.42 Å². The van der Waals surface area contributed by atoms with Crippen LogP contribution in [0.25, 0.3) is 0 Å². The standard InChI is InChI=1S/C27H30N2O5S/c1-17-14-19(3)26-22(15-17)23(12-13-34-26)28-27(30)21-16-20(11-10-18(21)2)35(31,32)29(4)24-8-6-7-9-25(24)33-5/h6-11,14-16,23H,12-13H2,1-5H3,(H,28,30). The molecular weight excluding hydrogens is 464 g/mol. The van der Waals surface area contributed by atoms with Gasteiger partial charge in [0.1, 0.15) is 11.5 Å². The summed E-state index contributed by atoms with van der Waals surface area (Å²) in [6.07, 6.45) is 0.634. The van der Waals surface area contributed by atoms with Crippen molar-refractivity contribution in [1.29, 1.82) is 0 Å². The molecule has 1 amide bonds. The van der Waals surface area contributed by atoms with Crippen molar-refractivity contribution in [2.45, 2.75) is 38.1 Å². The predicted molar refractivity (Wildman–Crippen MR) is 136 cm³/mol. The number of hydrogen-bond donors (Lipinski definition) is 1. The Morgan fingerprint density at radius 1 is 1.06 bits per heavy atom. The molecule has 8 heteroatoms. The Morgan fingerprint density at radius 2 is 1.80 bits per heavy atom. The molecule has 184 valence electrons. The molecule has 1 heterocycles. The Bertz CT molecular complexity index is 1380. The van der Waals surface area contributed by atoms with Gasteiger partial charge in [-0.3, -0.25) is 9.10 Å². The van der Waals surface area contributed by atoms with Crippen LogP contribution < -0.4 is 19.1 Å². The number of para-hydroxylation sites is 2. The average Bonchev–Trinajstić information content (AvgIpc) is 2.84. The molecule has 7 nitrogen and oxygen atoms in total. The molecule has 0 aliphatic carbocycles. The number of hydrogen-bond acceptors (Lipinski definition) is 5. The van der Waals surface area contributed by atoms with E-state index in [0.717, 1.165) is 22.4 Å². The molecule has 1 aliphatic heterocycles. The number of sulfonamides is 1. The first-order chi connectivity index (χ1) is 16.6. The third-order valence-electron chi connectivity index (χ3n) is 6.32. The summed E-state index contributed by atoms with van der Waals surface area (Å²) in [5.41, 5.74) is 4.48. The quantitative estimate of drug-likeness (QED) is 0.537. The number of benzene rings is 3. The van der Waals surface area contributed by atoms with E-state index in [0.29, 0.717) is 35.6 Å². The lowest BCUT2D eigenvalue weighted by Gasteiger charge is -2.28. The van der Waals surface area contributed by atoms with Crippen molar-refractivity contribution in [3.63, 3.8) is 0 Å². The van der Waals surface area contributed by atoms with E-state index in [4.69, 9.17) is 9.47 Å². The van der Waals surface area contributed by atoms with Crippen LogP contribution in [0.5, 0.6) is 11.5 Å². The number of aryl methyl sites for hydroxylation is 3. The molecule has 0 radical (unpaired) electrons. The van der Waals surface area contributed by atoms with Gasteiger partial charge in [0.05, 0.1) is 30.3 Å². The van der Waals surface area contributed by atoms with Gasteiger partial charge in [-0.2, -0.15) is 0 Å². The Labute approximate surface area is 206 Å². The number of nitrogens with one attached hydrogen (secondary N) is 1. The van der Waals surface area contributed by atoms with Crippen LogP contribution in [-0.2, 0) is 10.0 Å². The second-order valence-corrected chi connectivity index (χ2v) is 10.8. The minimum Gasteiger partial charge on any atom is -0.495 e. The molecule has 3 aromatic rings. The molecule has 1 N–H and O–H groups in total. The molecular formula is C27H30N2O5S. The highest BCUT2D eigenvalue weighted by Crippen LogP contribution is 2.36. The van der Waals surface area contributed by atoms with Crippen molar-refractivity contribution < 1.29 is 22.7 Å². The zero-order chi connectivity index (χ0) is 25.3. The topological polar surface area (TPSA) is 84.9 Å². The Kier molecular flexibility index (Phi) is 6.76. The summed E-state index contributed by atoms with van der Waals surface area (Å²) in [5.74, 6) is 0.919. The fourth-order valence-electron chi connectivity index (χ4n) is 4.45. The monoisotopic (exact) mass is 494 g/mol. The summed E-state index contributed by atoms with van der Waals surface area (Å²) in [5, 5.41) is 3.10. The van der Waals surface area contributed by atoms with Crippen molar-refractivity contribution >= 4 is 21.6 Å². The van der Waals surface area contributed by atoms with Gasteiger partial charge in [-0.05, 0) is 56.2 Å². The first-order valence-electron chi connectivity index (χ1n) is 11.4. The van der Waals surface area contributed by atoms with Crippen molar-refractivity contribution in [3.05, 3.63) is 82.4 Å². The van der Waals surface area contributed by atoms with Crippen LogP contribution in [0.15, 0.2) is 59.5 Å². The maximum atomic E-state index is 13.4. The molecule has 4 rings (SSSR count). The molecule has 1 atom stereocenters. The highest BCUT2D eigenvalue weighted by atomic mass is 32.2. The number of carbonyl (C=O) groups is 1. The predicted octanol–water partition coefficient (Wildman–Crippen LogP) is 4.70. The minimum atomic E-state index is -3.94. The maximum absolute atomic E-state index is 13.4. The number of carbonyl (C=O) groups excluding carboxylic acids is 1. The highest BCUT2D eigenvalue weighted by molar-refractivity contribution is 7.92. The molecule has 3 aromatic carbocycles. The molecule has 1 aliphatic rings. The Hall–Kier alpha value is -3.52. The van der Waals surface area contributed by atoms with Crippen LogP contribution in [0, 0.1) is 20.8 Å². The Morgan fingerprint density at radius 3 is 2.54 bits per heavy atom. The first-order valence-corrected chi connectivity index (χ1v) is 12.8. The highest BCUT2D eigenvalue weighted by Gasteiger charge is 2.28. The van der Waals surface area contributed by atoms with E-state index in [1.807, 2.05) is 19.9 Å². The fourth-order valence-corrected chi connectivity index (χ4v) is 5.68. The lowest BCUT2D eigenvalue weighted by atomic mass is 9.95. The molecule has 0 aromatic heterocycles. The first kappa shape index (κ1) is 24.6. The summed E-state index contributed by atoms with van der Waals surface area (Å²) in [6.45, 7) is 6.30. The molecule has 0 spiro atoms. The normalized spacial score (nSPS) is 15.1. The van der Waals surface area contributed by atoms with Gasteiger partial charge < -0.3 is 14.8 Å². The third-order valence-corrected chi connectivity index (χ3v) is 8.09. The van der Waals surface area contributed by atoms with Crippen LogP contribution in [0.4, 0.5) is 5.69 Å². The van der Waals surface area contributed by atoms with E-state index in [-0.39, 0.29) is 16.8 Å². The number of fused-ring (bicyclic) bond motifs is 1. The molecule has 0 fully saturated rings. The van der Waals surface area contributed by atoms with Gasteiger partial charge in [-0.15, -0.1) is 0 Å². The summed E-state index contributed by atoms with van der Waals surface area (Å²) >= 11 is 0. The van der Waals surface area contributed by atoms with Gasteiger partial charge in [0.15, 0.2) is 0 Å². The molecule has 0 saturated heterocycles. The van der Waals surface area contributed by atoms with Crippen LogP contribution in [0.1, 0.15) is 45.1 Å². The lowest BCUT2D eigenvalue weighted by Crippen LogP contribution is -2.33. The van der Waals surface area contributed by atoms with Gasteiger partial charge in [0.25, 0.3) is 15.9 Å². The molecule has 0 bridgehead atoms. The number of anilines is 1. The summed E-state index contributed by atoms with van der Waals surface area (Å²) in [6, 6.07) is 15.4. The second-order valence-electron chi connectivity index (χ2n) is 8.78. The van der Waals surface area contributed by atoms with Crippen LogP contribution >= 0.6 is 0 Å². The number of ether oxygens (including phenoxy) is 2. The number of amides is 1. The van der Waals surface area contributed by atoms with Crippen LogP contribution in [0.3, 0.4) is 0 Å².